The number of benzene rings is 2. The molecule has 0 bridgehead atoms. The lowest BCUT2D eigenvalue weighted by Crippen LogP contribution is -2.23. The van der Waals surface area contributed by atoms with Gasteiger partial charge < -0.3 is 15.6 Å². The SMILES string of the molecule is CCNC(=O)c1cccc(NC(=O)CSc2ncc(-c3ccc(F)cc3)[nH]2)c1. The van der Waals surface area contributed by atoms with Crippen LogP contribution in [0.5, 0.6) is 0 Å². The Morgan fingerprint density at radius 3 is 2.71 bits per heavy atom. The lowest BCUT2D eigenvalue weighted by molar-refractivity contribution is -0.113. The van der Waals surface area contributed by atoms with Crippen molar-refractivity contribution in [3.8, 4) is 11.3 Å². The fraction of sp³-hybridized carbons (Fsp3) is 0.150. The van der Waals surface area contributed by atoms with Crippen molar-refractivity contribution in [1.82, 2.24) is 15.3 Å². The fourth-order valence-corrected chi connectivity index (χ4v) is 3.13. The minimum atomic E-state index is -0.300. The predicted molar refractivity (Wildman–Crippen MR) is 108 cm³/mol. The molecule has 0 saturated heterocycles. The van der Waals surface area contributed by atoms with Crippen molar-refractivity contribution >= 4 is 29.3 Å². The maximum Gasteiger partial charge on any atom is 0.251 e. The smallest absolute Gasteiger partial charge is 0.251 e. The van der Waals surface area contributed by atoms with E-state index >= 15 is 0 Å². The van der Waals surface area contributed by atoms with Crippen molar-refractivity contribution < 1.29 is 14.0 Å². The summed E-state index contributed by atoms with van der Waals surface area (Å²) in [4.78, 5) is 31.4. The number of anilines is 1. The first-order valence-corrected chi connectivity index (χ1v) is 9.65. The number of H-pyrrole nitrogens is 1. The lowest BCUT2D eigenvalue weighted by Gasteiger charge is -2.07. The molecule has 3 rings (SSSR count). The maximum absolute atomic E-state index is 13.0. The highest BCUT2D eigenvalue weighted by Crippen LogP contribution is 2.22. The summed E-state index contributed by atoms with van der Waals surface area (Å²) in [7, 11) is 0. The van der Waals surface area contributed by atoms with Gasteiger partial charge in [-0.25, -0.2) is 9.37 Å². The van der Waals surface area contributed by atoms with Gasteiger partial charge in [0.25, 0.3) is 5.91 Å². The van der Waals surface area contributed by atoms with E-state index in [-0.39, 0.29) is 23.4 Å². The number of hydrogen-bond donors (Lipinski definition) is 3. The molecule has 0 aliphatic rings. The third-order valence-electron chi connectivity index (χ3n) is 3.79. The molecule has 3 aromatic rings. The number of thioether (sulfide) groups is 1. The number of nitrogens with one attached hydrogen (secondary N) is 3. The van der Waals surface area contributed by atoms with Gasteiger partial charge in [-0.05, 0) is 55.0 Å². The van der Waals surface area contributed by atoms with Crippen molar-refractivity contribution in [3.05, 3.63) is 66.1 Å². The summed E-state index contributed by atoms with van der Waals surface area (Å²) in [5.74, 6) is -0.540. The molecule has 0 radical (unpaired) electrons. The van der Waals surface area contributed by atoms with Gasteiger partial charge in [0.15, 0.2) is 5.16 Å². The lowest BCUT2D eigenvalue weighted by atomic mass is 10.2. The first-order valence-electron chi connectivity index (χ1n) is 8.67. The Hall–Kier alpha value is -3.13. The molecule has 2 aromatic carbocycles. The van der Waals surface area contributed by atoms with Crippen LogP contribution in [0.25, 0.3) is 11.3 Å². The highest BCUT2D eigenvalue weighted by atomic mass is 32.2. The first-order chi connectivity index (χ1) is 13.5. The van der Waals surface area contributed by atoms with Crippen LogP contribution in [-0.4, -0.2) is 34.1 Å². The second-order valence-corrected chi connectivity index (χ2v) is 6.85. The normalized spacial score (nSPS) is 10.5. The summed E-state index contributed by atoms with van der Waals surface area (Å²) in [6.07, 6.45) is 1.64. The number of nitrogens with zero attached hydrogens (tertiary/aromatic N) is 1. The van der Waals surface area contributed by atoms with Gasteiger partial charge in [-0.3, -0.25) is 9.59 Å². The molecule has 0 saturated carbocycles. The number of carbonyl (C=O) groups is 2. The van der Waals surface area contributed by atoms with E-state index in [0.717, 1.165) is 11.3 Å². The van der Waals surface area contributed by atoms with Crippen molar-refractivity contribution in [2.75, 3.05) is 17.6 Å². The summed E-state index contributed by atoms with van der Waals surface area (Å²) >= 11 is 1.25. The minimum absolute atomic E-state index is 0.155. The Bertz CT molecular complexity index is 972. The summed E-state index contributed by atoms with van der Waals surface area (Å²) in [6, 6.07) is 12.8. The van der Waals surface area contributed by atoms with Gasteiger partial charge in [0.1, 0.15) is 5.82 Å². The number of halogens is 1. The van der Waals surface area contributed by atoms with Crippen molar-refractivity contribution in [2.45, 2.75) is 12.1 Å². The molecular formula is C20H19FN4O2S. The van der Waals surface area contributed by atoms with Crippen LogP contribution in [-0.2, 0) is 4.79 Å². The van der Waals surface area contributed by atoms with E-state index in [1.165, 1.54) is 23.9 Å². The van der Waals surface area contributed by atoms with Gasteiger partial charge in [0, 0.05) is 17.8 Å². The van der Waals surface area contributed by atoms with Gasteiger partial charge in [0.2, 0.25) is 5.91 Å². The zero-order chi connectivity index (χ0) is 19.9. The van der Waals surface area contributed by atoms with E-state index in [9.17, 15) is 14.0 Å². The number of aromatic amines is 1. The van der Waals surface area contributed by atoms with E-state index in [2.05, 4.69) is 20.6 Å². The zero-order valence-corrected chi connectivity index (χ0v) is 16.0. The molecular weight excluding hydrogens is 379 g/mol. The van der Waals surface area contributed by atoms with Gasteiger partial charge in [-0.15, -0.1) is 0 Å². The van der Waals surface area contributed by atoms with Crippen molar-refractivity contribution in [3.63, 3.8) is 0 Å². The standard InChI is InChI=1S/C20H19FN4O2S/c1-2-22-19(27)14-4-3-5-16(10-14)24-18(26)12-28-20-23-11-17(25-20)13-6-8-15(21)9-7-13/h3-11H,2,12H2,1H3,(H,22,27)(H,23,25)(H,24,26). The van der Waals surface area contributed by atoms with Crippen LogP contribution < -0.4 is 10.6 Å². The number of rotatable bonds is 7. The van der Waals surface area contributed by atoms with Gasteiger partial charge in [0.05, 0.1) is 17.6 Å². The highest BCUT2D eigenvalue weighted by molar-refractivity contribution is 7.99. The minimum Gasteiger partial charge on any atom is -0.352 e. The molecule has 0 aliphatic heterocycles. The van der Waals surface area contributed by atoms with E-state index in [0.29, 0.717) is 23.0 Å². The molecule has 0 aliphatic carbocycles. The molecule has 0 spiro atoms. The molecule has 144 valence electrons. The Labute approximate surface area is 166 Å². The van der Waals surface area contributed by atoms with Crippen LogP contribution in [0.4, 0.5) is 10.1 Å². The van der Waals surface area contributed by atoms with E-state index < -0.39 is 0 Å². The molecule has 0 fully saturated rings. The molecule has 3 N–H and O–H groups in total. The first kappa shape index (κ1) is 19.6. The van der Waals surface area contributed by atoms with Gasteiger partial charge in [-0.2, -0.15) is 0 Å². The van der Waals surface area contributed by atoms with Gasteiger partial charge in [-0.1, -0.05) is 17.8 Å². The maximum atomic E-state index is 13.0. The molecule has 2 amide bonds. The van der Waals surface area contributed by atoms with Crippen LogP contribution >= 0.6 is 11.8 Å². The van der Waals surface area contributed by atoms with Crippen molar-refractivity contribution in [1.29, 1.82) is 0 Å². The second kappa shape index (κ2) is 9.18. The number of imidazole rings is 1. The van der Waals surface area contributed by atoms with E-state index in [4.69, 9.17) is 0 Å². The molecule has 6 nitrogen and oxygen atoms in total. The number of amides is 2. The number of aromatic nitrogens is 2. The average Bonchev–Trinajstić information content (AvgIpc) is 3.16. The van der Waals surface area contributed by atoms with Crippen LogP contribution in [0.15, 0.2) is 59.9 Å². The fourth-order valence-electron chi connectivity index (χ4n) is 2.48. The molecule has 1 heterocycles. The summed E-state index contributed by atoms with van der Waals surface area (Å²) < 4.78 is 13.0. The zero-order valence-electron chi connectivity index (χ0n) is 15.2. The Morgan fingerprint density at radius 2 is 1.96 bits per heavy atom. The average molecular weight is 398 g/mol. The largest absolute Gasteiger partial charge is 0.352 e. The molecule has 0 unspecified atom stereocenters. The Balaban J connectivity index is 1.56. The molecule has 0 atom stereocenters. The van der Waals surface area contributed by atoms with E-state index in [1.54, 1.807) is 42.6 Å². The quantitative estimate of drug-likeness (QED) is 0.530. The Morgan fingerprint density at radius 1 is 1.18 bits per heavy atom. The summed E-state index contributed by atoms with van der Waals surface area (Å²) in [5.41, 5.74) is 2.60. The molecule has 28 heavy (non-hydrogen) atoms. The third-order valence-corrected chi connectivity index (χ3v) is 4.68. The number of hydrogen-bond acceptors (Lipinski definition) is 4. The van der Waals surface area contributed by atoms with Gasteiger partial charge >= 0.3 is 0 Å². The van der Waals surface area contributed by atoms with Crippen molar-refractivity contribution in [2.24, 2.45) is 0 Å². The molecule has 1 aromatic heterocycles. The molecule has 8 heteroatoms. The van der Waals surface area contributed by atoms with E-state index in [1.807, 2.05) is 6.92 Å². The summed E-state index contributed by atoms with van der Waals surface area (Å²) in [5, 5.41) is 6.08. The monoisotopic (exact) mass is 398 g/mol. The highest BCUT2D eigenvalue weighted by Gasteiger charge is 2.10. The second-order valence-electron chi connectivity index (χ2n) is 5.89. The van der Waals surface area contributed by atoms with Crippen LogP contribution in [0.2, 0.25) is 0 Å². The third kappa shape index (κ3) is 5.20. The summed E-state index contributed by atoms with van der Waals surface area (Å²) in [6.45, 7) is 2.38. The number of carbonyl (C=O) groups excluding carboxylic acids is 2. The topological polar surface area (TPSA) is 86.9 Å². The van der Waals surface area contributed by atoms with Crippen LogP contribution in [0, 0.1) is 5.82 Å². The Kier molecular flexibility index (Phi) is 6.44. The van der Waals surface area contributed by atoms with Crippen LogP contribution in [0.3, 0.4) is 0 Å². The van der Waals surface area contributed by atoms with Crippen LogP contribution in [0.1, 0.15) is 17.3 Å². The predicted octanol–water partition coefficient (Wildman–Crippen LogP) is 3.70.